The molecule has 5 aromatic rings. The van der Waals surface area contributed by atoms with E-state index in [4.69, 9.17) is 14.2 Å². The quantitative estimate of drug-likeness (QED) is 0.364. The van der Waals surface area contributed by atoms with E-state index < -0.39 is 11.6 Å². The molecule has 0 fully saturated rings. The average molecular weight is 498 g/mol. The molecule has 0 saturated heterocycles. The van der Waals surface area contributed by atoms with Crippen LogP contribution in [0.4, 0.5) is 5.82 Å². The van der Waals surface area contributed by atoms with Gasteiger partial charge in [-0.1, -0.05) is 36.4 Å². The fourth-order valence-corrected chi connectivity index (χ4v) is 4.06. The second-order valence-corrected chi connectivity index (χ2v) is 7.91. The van der Waals surface area contributed by atoms with Crippen LogP contribution in [0.3, 0.4) is 0 Å². The molecule has 0 atom stereocenters. The Hall–Kier alpha value is -5.12. The van der Waals surface area contributed by atoms with Crippen LogP contribution >= 0.6 is 0 Å². The summed E-state index contributed by atoms with van der Waals surface area (Å²) in [6.07, 6.45) is 1.57. The molecule has 186 valence electrons. The number of rotatable bonds is 7. The molecule has 0 saturated carbocycles. The second-order valence-electron chi connectivity index (χ2n) is 7.91. The van der Waals surface area contributed by atoms with Crippen LogP contribution < -0.4 is 25.2 Å². The van der Waals surface area contributed by atoms with Crippen LogP contribution in [0.15, 0.2) is 83.8 Å². The highest BCUT2D eigenvalue weighted by Gasteiger charge is 2.22. The predicted molar refractivity (Wildman–Crippen MR) is 139 cm³/mol. The summed E-state index contributed by atoms with van der Waals surface area (Å²) < 4.78 is 19.0. The highest BCUT2D eigenvalue weighted by molar-refractivity contribution is 6.08. The first-order chi connectivity index (χ1) is 18.0. The largest absolute Gasteiger partial charge is 0.493 e. The number of anilines is 1. The summed E-state index contributed by atoms with van der Waals surface area (Å²) in [6.45, 7) is 0. The Labute approximate surface area is 211 Å². The van der Waals surface area contributed by atoms with E-state index in [1.54, 1.807) is 35.1 Å². The van der Waals surface area contributed by atoms with Gasteiger partial charge < -0.3 is 19.5 Å². The van der Waals surface area contributed by atoms with Gasteiger partial charge in [0, 0.05) is 5.56 Å². The van der Waals surface area contributed by atoms with E-state index in [-0.39, 0.29) is 11.4 Å². The van der Waals surface area contributed by atoms with Crippen molar-refractivity contribution < 1.29 is 19.0 Å². The number of nitrogens with zero attached hydrogens (tertiary/aromatic N) is 4. The summed E-state index contributed by atoms with van der Waals surface area (Å²) in [7, 11) is 4.42. The molecule has 37 heavy (non-hydrogen) atoms. The molecular formula is C27H23N5O5. The monoisotopic (exact) mass is 497 g/mol. The van der Waals surface area contributed by atoms with Gasteiger partial charge in [0.1, 0.15) is 5.82 Å². The number of aromatic nitrogens is 4. The highest BCUT2D eigenvalue weighted by Crippen LogP contribution is 2.38. The van der Waals surface area contributed by atoms with Crippen molar-refractivity contribution in [3.8, 4) is 28.6 Å². The van der Waals surface area contributed by atoms with Gasteiger partial charge in [0.05, 0.1) is 44.3 Å². The number of hydrogen-bond donors (Lipinski definition) is 1. The highest BCUT2D eigenvalue weighted by atomic mass is 16.5. The first-order valence-electron chi connectivity index (χ1n) is 11.3. The van der Waals surface area contributed by atoms with Crippen LogP contribution in [0.2, 0.25) is 0 Å². The number of amides is 1. The topological polar surface area (TPSA) is 110 Å². The molecule has 0 aliphatic rings. The van der Waals surface area contributed by atoms with Crippen molar-refractivity contribution in [3.63, 3.8) is 0 Å². The van der Waals surface area contributed by atoms with Crippen LogP contribution in [-0.2, 0) is 0 Å². The number of nitrogens with one attached hydrogen (secondary N) is 1. The van der Waals surface area contributed by atoms with Gasteiger partial charge in [0.15, 0.2) is 17.1 Å². The van der Waals surface area contributed by atoms with E-state index in [1.807, 2.05) is 36.4 Å². The number of ether oxygens (including phenoxy) is 3. The molecule has 10 nitrogen and oxygen atoms in total. The van der Waals surface area contributed by atoms with Gasteiger partial charge in [-0.2, -0.15) is 10.1 Å². The molecular weight excluding hydrogens is 474 g/mol. The smallest absolute Gasteiger partial charge is 0.355 e. The van der Waals surface area contributed by atoms with Gasteiger partial charge in [-0.3, -0.25) is 4.79 Å². The van der Waals surface area contributed by atoms with Crippen LogP contribution in [0.25, 0.3) is 22.4 Å². The standard InChI is InChI=1S/C27H23N5O5/c1-35-21-14-17(15-22(36-2)23(21)37-3)26(33)29-24-20-16-28-32(19-12-8-5-9-13-19)25(20)30-27(34)31(24)18-10-6-4-7-11-18/h4-16H,1-3H3,(H,29,33). The van der Waals surface area contributed by atoms with Gasteiger partial charge in [0.2, 0.25) is 5.75 Å². The Bertz CT molecular complexity index is 1620. The molecule has 0 bridgehead atoms. The molecule has 0 spiro atoms. The Balaban J connectivity index is 1.69. The maximum Gasteiger partial charge on any atom is 0.355 e. The predicted octanol–water partition coefficient (Wildman–Crippen LogP) is 3.85. The minimum atomic E-state index is -0.573. The van der Waals surface area contributed by atoms with Crippen molar-refractivity contribution in [2.45, 2.75) is 0 Å². The van der Waals surface area contributed by atoms with E-state index in [9.17, 15) is 9.59 Å². The van der Waals surface area contributed by atoms with Crippen molar-refractivity contribution in [2.75, 3.05) is 26.6 Å². The normalized spacial score (nSPS) is 10.8. The summed E-state index contributed by atoms with van der Waals surface area (Å²) in [4.78, 5) is 31.2. The minimum absolute atomic E-state index is 0.224. The summed E-state index contributed by atoms with van der Waals surface area (Å²) in [5, 5.41) is 7.83. The molecule has 0 radical (unpaired) electrons. The third-order valence-electron chi connectivity index (χ3n) is 5.79. The second kappa shape index (κ2) is 9.86. The van der Waals surface area contributed by atoms with Crippen LogP contribution in [0, 0.1) is 0 Å². The van der Waals surface area contributed by atoms with E-state index in [0.717, 1.165) is 5.69 Å². The molecule has 2 heterocycles. The number of benzene rings is 3. The number of methoxy groups -OCH3 is 3. The summed E-state index contributed by atoms with van der Waals surface area (Å²) in [6, 6.07) is 21.3. The van der Waals surface area contributed by atoms with E-state index in [2.05, 4.69) is 15.4 Å². The first kappa shape index (κ1) is 23.6. The average Bonchev–Trinajstić information content (AvgIpc) is 3.36. The molecule has 1 N–H and O–H groups in total. The Morgan fingerprint density at radius 1 is 0.838 bits per heavy atom. The first-order valence-corrected chi connectivity index (χ1v) is 11.3. The third-order valence-corrected chi connectivity index (χ3v) is 5.79. The maximum atomic E-state index is 13.5. The SMILES string of the molecule is COc1cc(C(=O)Nc2c3cnn(-c4ccccc4)c3nc(=O)n2-c2ccccc2)cc(OC)c1OC. The van der Waals surface area contributed by atoms with Gasteiger partial charge in [-0.25, -0.2) is 14.0 Å². The third kappa shape index (κ3) is 4.25. The molecule has 2 aromatic heterocycles. The summed E-state index contributed by atoms with van der Waals surface area (Å²) in [5.74, 6) is 0.733. The Morgan fingerprint density at radius 3 is 2.00 bits per heavy atom. The molecule has 0 aliphatic heterocycles. The van der Waals surface area contributed by atoms with E-state index in [0.29, 0.717) is 34.0 Å². The van der Waals surface area contributed by atoms with Crippen molar-refractivity contribution in [3.05, 3.63) is 95.0 Å². The minimum Gasteiger partial charge on any atom is -0.493 e. The lowest BCUT2D eigenvalue weighted by Crippen LogP contribution is -2.27. The molecule has 0 aliphatic carbocycles. The maximum absolute atomic E-state index is 13.5. The lowest BCUT2D eigenvalue weighted by atomic mass is 10.1. The molecule has 1 amide bonds. The fraction of sp³-hybridized carbons (Fsp3) is 0.111. The Morgan fingerprint density at radius 2 is 1.43 bits per heavy atom. The number of carbonyl (C=O) groups is 1. The van der Waals surface area contributed by atoms with Crippen LogP contribution in [0.1, 0.15) is 10.4 Å². The van der Waals surface area contributed by atoms with Gasteiger partial charge >= 0.3 is 5.69 Å². The van der Waals surface area contributed by atoms with Crippen LogP contribution in [0.5, 0.6) is 17.2 Å². The van der Waals surface area contributed by atoms with Gasteiger partial charge in [0.25, 0.3) is 5.91 Å². The summed E-state index contributed by atoms with van der Waals surface area (Å²) in [5.41, 5.74) is 1.24. The zero-order valence-corrected chi connectivity index (χ0v) is 20.3. The number of carbonyl (C=O) groups excluding carboxylic acids is 1. The fourth-order valence-electron chi connectivity index (χ4n) is 4.06. The van der Waals surface area contributed by atoms with Crippen molar-refractivity contribution in [2.24, 2.45) is 0 Å². The number of fused-ring (bicyclic) bond motifs is 1. The van der Waals surface area contributed by atoms with E-state index in [1.165, 1.54) is 38.0 Å². The van der Waals surface area contributed by atoms with Crippen molar-refractivity contribution in [1.82, 2.24) is 19.3 Å². The zero-order chi connectivity index (χ0) is 25.9. The number of para-hydroxylation sites is 2. The Kier molecular flexibility index (Phi) is 6.29. The van der Waals surface area contributed by atoms with Crippen molar-refractivity contribution >= 4 is 22.8 Å². The summed E-state index contributed by atoms with van der Waals surface area (Å²) >= 11 is 0. The number of hydrogen-bond acceptors (Lipinski definition) is 7. The van der Waals surface area contributed by atoms with Gasteiger partial charge in [-0.15, -0.1) is 0 Å². The lowest BCUT2D eigenvalue weighted by Gasteiger charge is -2.16. The van der Waals surface area contributed by atoms with E-state index >= 15 is 0 Å². The van der Waals surface area contributed by atoms with Crippen LogP contribution in [-0.4, -0.2) is 46.6 Å². The van der Waals surface area contributed by atoms with Gasteiger partial charge in [-0.05, 0) is 36.4 Å². The molecule has 3 aromatic carbocycles. The van der Waals surface area contributed by atoms with Crippen molar-refractivity contribution in [1.29, 1.82) is 0 Å². The molecule has 5 rings (SSSR count). The molecule has 10 heteroatoms. The zero-order valence-electron chi connectivity index (χ0n) is 20.3. The molecule has 0 unspecified atom stereocenters. The lowest BCUT2D eigenvalue weighted by molar-refractivity contribution is 0.102.